The van der Waals surface area contributed by atoms with E-state index in [9.17, 15) is 14.4 Å². The number of carbonyl (C=O) groups excluding carboxylic acids is 3. The third kappa shape index (κ3) is 57.5. The topological polar surface area (TPSA) is 78.9 Å². The van der Waals surface area contributed by atoms with Gasteiger partial charge in [0.05, 0.1) is 0 Å². The summed E-state index contributed by atoms with van der Waals surface area (Å²) in [6.07, 6.45) is 79.1. The van der Waals surface area contributed by atoms with E-state index in [0.717, 1.165) is 77.0 Å². The van der Waals surface area contributed by atoms with E-state index in [4.69, 9.17) is 14.2 Å². The fourth-order valence-corrected chi connectivity index (χ4v) is 8.58. The number of esters is 3. The molecule has 0 radical (unpaired) electrons. The molecule has 0 bridgehead atoms. The summed E-state index contributed by atoms with van der Waals surface area (Å²) in [5.41, 5.74) is 0. The zero-order chi connectivity index (χ0) is 52.2. The highest BCUT2D eigenvalue weighted by Gasteiger charge is 2.19. The van der Waals surface area contributed by atoms with Crippen LogP contribution in [0.3, 0.4) is 0 Å². The summed E-state index contributed by atoms with van der Waals surface area (Å²) < 4.78 is 16.7. The quantitative estimate of drug-likeness (QED) is 0.0261. The Morgan fingerprint density at radius 3 is 0.903 bits per heavy atom. The summed E-state index contributed by atoms with van der Waals surface area (Å²) in [6, 6.07) is 0. The Kier molecular flexibility index (Phi) is 57.3. The van der Waals surface area contributed by atoms with Crippen LogP contribution in [0.2, 0.25) is 0 Å². The number of hydrogen-bond donors (Lipinski definition) is 0. The van der Waals surface area contributed by atoms with Crippen LogP contribution in [0.25, 0.3) is 0 Å². The van der Waals surface area contributed by atoms with E-state index in [1.807, 2.05) is 6.08 Å². The fourth-order valence-electron chi connectivity index (χ4n) is 8.58. The maximum Gasteiger partial charge on any atom is 0.306 e. The Hall–Kier alpha value is -3.41. The monoisotopic (exact) mass is 1000 g/mol. The summed E-state index contributed by atoms with van der Waals surface area (Å²) in [4.78, 5) is 38.0. The molecule has 414 valence electrons. The lowest BCUT2D eigenvalue weighted by atomic mass is 10.0. The van der Waals surface area contributed by atoms with Crippen molar-refractivity contribution >= 4 is 17.9 Å². The molecule has 1 unspecified atom stereocenters. The zero-order valence-corrected chi connectivity index (χ0v) is 47.4. The van der Waals surface area contributed by atoms with Gasteiger partial charge in [0, 0.05) is 19.3 Å². The number of allylic oxidation sites excluding steroid dienone is 14. The highest BCUT2D eigenvalue weighted by molar-refractivity contribution is 5.71. The van der Waals surface area contributed by atoms with Gasteiger partial charge in [-0.05, 0) is 83.5 Å². The second-order valence-electron chi connectivity index (χ2n) is 20.2. The Bertz CT molecular complexity index is 1380. The van der Waals surface area contributed by atoms with Gasteiger partial charge in [0.2, 0.25) is 0 Å². The molecule has 0 heterocycles. The Labute approximate surface area is 445 Å². The first-order valence-electron chi connectivity index (χ1n) is 30.6. The van der Waals surface area contributed by atoms with E-state index in [1.165, 1.54) is 173 Å². The lowest BCUT2D eigenvalue weighted by molar-refractivity contribution is -0.166. The standard InChI is InChI=1S/C66H114O6/c1-4-7-10-13-16-19-21-23-25-27-29-30-31-32-33-34-35-36-38-39-41-43-45-47-50-53-56-59-65(68)71-62-63(61-70-64(67)58-55-52-49-18-15-12-9-6-3)72-66(69)60-57-54-51-48-46-44-42-40-37-28-26-24-22-20-17-14-11-8-5-2/h8,11,17,20,24,26-27,29,37,40,44,46,51,54,63H,4-7,9-10,12-16,18-19,21-23,25,28,30-36,38-39,41-43,45,47-50,52-53,55-62H2,1-3H3/b11-8-,20-17-,26-24-,29-27-,40-37-,46-44-,54-51-. The van der Waals surface area contributed by atoms with Crippen LogP contribution in [0.15, 0.2) is 85.1 Å². The van der Waals surface area contributed by atoms with E-state index < -0.39 is 12.1 Å². The van der Waals surface area contributed by atoms with Crippen molar-refractivity contribution in [3.05, 3.63) is 85.1 Å². The Morgan fingerprint density at radius 2 is 0.569 bits per heavy atom. The van der Waals surface area contributed by atoms with Crippen molar-refractivity contribution in [1.82, 2.24) is 0 Å². The third-order valence-corrected chi connectivity index (χ3v) is 13.1. The minimum absolute atomic E-state index is 0.104. The van der Waals surface area contributed by atoms with Gasteiger partial charge in [0.15, 0.2) is 6.10 Å². The van der Waals surface area contributed by atoms with E-state index >= 15 is 0 Å². The van der Waals surface area contributed by atoms with E-state index in [1.54, 1.807) is 0 Å². The van der Waals surface area contributed by atoms with Crippen molar-refractivity contribution in [3.8, 4) is 0 Å². The molecule has 0 aromatic carbocycles. The van der Waals surface area contributed by atoms with Crippen LogP contribution in [0.1, 0.15) is 297 Å². The van der Waals surface area contributed by atoms with Gasteiger partial charge in [0.1, 0.15) is 13.2 Å². The van der Waals surface area contributed by atoms with Gasteiger partial charge >= 0.3 is 17.9 Å². The highest BCUT2D eigenvalue weighted by Crippen LogP contribution is 2.16. The minimum atomic E-state index is -0.814. The first-order valence-corrected chi connectivity index (χ1v) is 30.6. The predicted octanol–water partition coefficient (Wildman–Crippen LogP) is 20.7. The molecule has 0 fully saturated rings. The molecule has 0 amide bonds. The molecule has 0 aliphatic carbocycles. The molecular formula is C66H114O6. The van der Waals surface area contributed by atoms with Crippen LogP contribution in [0.4, 0.5) is 0 Å². The van der Waals surface area contributed by atoms with Gasteiger partial charge in [-0.25, -0.2) is 0 Å². The Balaban J connectivity index is 4.22. The number of carbonyl (C=O) groups is 3. The summed E-state index contributed by atoms with van der Waals surface area (Å²) >= 11 is 0. The Morgan fingerprint density at radius 1 is 0.292 bits per heavy atom. The zero-order valence-electron chi connectivity index (χ0n) is 47.4. The van der Waals surface area contributed by atoms with Crippen molar-refractivity contribution in [1.29, 1.82) is 0 Å². The molecule has 72 heavy (non-hydrogen) atoms. The fraction of sp³-hybridized carbons (Fsp3) is 0.742. The SMILES string of the molecule is CC/C=C\C/C=C\C/C=C\C/C=C\C/C=C\C/C=C\CCC(=O)OC(COC(=O)CCCCCCCCCC)COC(=O)CCCCCCCCCCCCCCCCC/C=C\CCCCCCCCCC. The smallest absolute Gasteiger partial charge is 0.306 e. The van der Waals surface area contributed by atoms with Gasteiger partial charge in [-0.1, -0.05) is 279 Å². The van der Waals surface area contributed by atoms with Gasteiger partial charge in [-0.15, -0.1) is 0 Å². The first-order chi connectivity index (χ1) is 35.5. The van der Waals surface area contributed by atoms with Gasteiger partial charge in [0.25, 0.3) is 0 Å². The average molecular weight is 1000 g/mol. The highest BCUT2D eigenvalue weighted by atomic mass is 16.6. The van der Waals surface area contributed by atoms with Crippen LogP contribution < -0.4 is 0 Å². The van der Waals surface area contributed by atoms with E-state index in [-0.39, 0.29) is 31.6 Å². The molecule has 0 saturated carbocycles. The summed E-state index contributed by atoms with van der Waals surface area (Å²) in [7, 11) is 0. The molecule has 0 aliphatic rings. The maximum absolute atomic E-state index is 12.8. The maximum atomic E-state index is 12.8. The molecule has 6 heteroatoms. The molecule has 1 atom stereocenters. The molecule has 0 rings (SSSR count). The average Bonchev–Trinajstić information content (AvgIpc) is 3.38. The molecular weight excluding hydrogens is 889 g/mol. The molecule has 0 spiro atoms. The summed E-state index contributed by atoms with van der Waals surface area (Å²) in [6.45, 7) is 6.45. The van der Waals surface area contributed by atoms with Crippen LogP contribution in [-0.4, -0.2) is 37.2 Å². The largest absolute Gasteiger partial charge is 0.462 e. The van der Waals surface area contributed by atoms with Crippen molar-refractivity contribution < 1.29 is 28.6 Å². The number of rotatable bonds is 55. The summed E-state index contributed by atoms with van der Waals surface area (Å²) in [5.74, 6) is -0.986. The second kappa shape index (κ2) is 60.1. The normalized spacial score (nSPS) is 12.7. The lowest BCUT2D eigenvalue weighted by Gasteiger charge is -2.18. The van der Waals surface area contributed by atoms with Crippen molar-refractivity contribution in [2.45, 2.75) is 303 Å². The van der Waals surface area contributed by atoms with E-state index in [2.05, 4.69) is 99.8 Å². The predicted molar refractivity (Wildman–Crippen MR) is 311 cm³/mol. The van der Waals surface area contributed by atoms with Gasteiger partial charge in [-0.2, -0.15) is 0 Å². The van der Waals surface area contributed by atoms with Crippen LogP contribution in [-0.2, 0) is 28.6 Å². The number of ether oxygens (including phenoxy) is 3. The van der Waals surface area contributed by atoms with Crippen LogP contribution in [0.5, 0.6) is 0 Å². The number of hydrogen-bond acceptors (Lipinski definition) is 6. The molecule has 0 aromatic heterocycles. The molecule has 6 nitrogen and oxygen atoms in total. The van der Waals surface area contributed by atoms with E-state index in [0.29, 0.717) is 19.3 Å². The van der Waals surface area contributed by atoms with Crippen molar-refractivity contribution in [2.75, 3.05) is 13.2 Å². The van der Waals surface area contributed by atoms with Gasteiger partial charge in [-0.3, -0.25) is 14.4 Å². The first kappa shape index (κ1) is 68.6. The van der Waals surface area contributed by atoms with Crippen molar-refractivity contribution in [2.24, 2.45) is 0 Å². The molecule has 0 aromatic rings. The van der Waals surface area contributed by atoms with Crippen molar-refractivity contribution in [3.63, 3.8) is 0 Å². The van der Waals surface area contributed by atoms with Crippen LogP contribution >= 0.6 is 0 Å². The third-order valence-electron chi connectivity index (χ3n) is 13.1. The lowest BCUT2D eigenvalue weighted by Crippen LogP contribution is -2.30. The number of unbranched alkanes of at least 4 members (excludes halogenated alkanes) is 30. The minimum Gasteiger partial charge on any atom is -0.462 e. The second-order valence-corrected chi connectivity index (χ2v) is 20.2. The van der Waals surface area contributed by atoms with Crippen LogP contribution in [0, 0.1) is 0 Å². The summed E-state index contributed by atoms with van der Waals surface area (Å²) in [5, 5.41) is 0. The molecule has 0 aliphatic heterocycles. The molecule has 0 N–H and O–H groups in total. The van der Waals surface area contributed by atoms with Gasteiger partial charge < -0.3 is 14.2 Å². The molecule has 0 saturated heterocycles.